The molecule has 1 aliphatic carbocycles. The first-order valence-electron chi connectivity index (χ1n) is 7.06. The topological polar surface area (TPSA) is 58.4 Å². The van der Waals surface area contributed by atoms with Crippen LogP contribution in [0.2, 0.25) is 0 Å². The standard InChI is InChI=1S/C15H23N3O/c1-2-18(14-7-8-14)10-9-15(19)17-13-5-3-12(11-16)4-6-13/h3-6,14H,2,7-11,16H2,1H3,(H,17,19). The van der Waals surface area contributed by atoms with Crippen molar-refractivity contribution in [1.82, 2.24) is 4.90 Å². The summed E-state index contributed by atoms with van der Waals surface area (Å²) in [5, 5.41) is 2.93. The highest BCUT2D eigenvalue weighted by atomic mass is 16.1. The van der Waals surface area contributed by atoms with Gasteiger partial charge in [0.15, 0.2) is 0 Å². The molecule has 19 heavy (non-hydrogen) atoms. The maximum absolute atomic E-state index is 11.9. The monoisotopic (exact) mass is 261 g/mol. The van der Waals surface area contributed by atoms with Gasteiger partial charge in [0.1, 0.15) is 0 Å². The summed E-state index contributed by atoms with van der Waals surface area (Å²) in [5.41, 5.74) is 7.46. The number of rotatable bonds is 7. The SMILES string of the molecule is CCN(CCC(=O)Nc1ccc(CN)cc1)C1CC1. The molecule has 104 valence electrons. The van der Waals surface area contributed by atoms with Crippen LogP contribution in [0.5, 0.6) is 0 Å². The van der Waals surface area contributed by atoms with Gasteiger partial charge in [0.2, 0.25) is 5.91 Å². The quantitative estimate of drug-likeness (QED) is 0.789. The molecule has 1 fully saturated rings. The summed E-state index contributed by atoms with van der Waals surface area (Å²) < 4.78 is 0. The molecule has 4 heteroatoms. The first-order chi connectivity index (χ1) is 9.22. The Morgan fingerprint density at radius 3 is 2.58 bits per heavy atom. The predicted octanol–water partition coefficient (Wildman–Crippen LogP) is 1.96. The summed E-state index contributed by atoms with van der Waals surface area (Å²) in [7, 11) is 0. The van der Waals surface area contributed by atoms with Crippen molar-refractivity contribution < 1.29 is 4.79 Å². The Labute approximate surface area is 115 Å². The predicted molar refractivity (Wildman–Crippen MR) is 77.8 cm³/mol. The molecule has 0 spiro atoms. The van der Waals surface area contributed by atoms with Gasteiger partial charge in [-0.1, -0.05) is 19.1 Å². The lowest BCUT2D eigenvalue weighted by molar-refractivity contribution is -0.116. The van der Waals surface area contributed by atoms with E-state index in [1.807, 2.05) is 24.3 Å². The van der Waals surface area contributed by atoms with Crippen LogP contribution >= 0.6 is 0 Å². The molecule has 0 heterocycles. The molecule has 0 radical (unpaired) electrons. The van der Waals surface area contributed by atoms with E-state index in [1.54, 1.807) is 0 Å². The first kappa shape index (κ1) is 14.0. The van der Waals surface area contributed by atoms with E-state index in [9.17, 15) is 4.79 Å². The number of hydrogen-bond acceptors (Lipinski definition) is 3. The first-order valence-corrected chi connectivity index (χ1v) is 7.06. The molecule has 1 saturated carbocycles. The Morgan fingerprint density at radius 2 is 2.05 bits per heavy atom. The molecule has 0 saturated heterocycles. The van der Waals surface area contributed by atoms with Crippen LogP contribution in [-0.2, 0) is 11.3 Å². The van der Waals surface area contributed by atoms with Crippen molar-refractivity contribution in [3.8, 4) is 0 Å². The van der Waals surface area contributed by atoms with Gasteiger partial charge in [-0.05, 0) is 37.1 Å². The maximum atomic E-state index is 11.9. The average Bonchev–Trinajstić information content (AvgIpc) is 3.25. The number of amides is 1. The van der Waals surface area contributed by atoms with Crippen LogP contribution in [0.15, 0.2) is 24.3 Å². The van der Waals surface area contributed by atoms with Crippen molar-refractivity contribution in [2.24, 2.45) is 5.73 Å². The molecule has 3 N–H and O–H groups in total. The van der Waals surface area contributed by atoms with Gasteiger partial charge in [0, 0.05) is 31.2 Å². The fourth-order valence-electron chi connectivity index (χ4n) is 2.23. The molecule has 0 aromatic heterocycles. The lowest BCUT2D eigenvalue weighted by Crippen LogP contribution is -2.29. The molecular formula is C15H23N3O. The van der Waals surface area contributed by atoms with Gasteiger partial charge in [-0.3, -0.25) is 4.79 Å². The molecule has 0 unspecified atom stereocenters. The van der Waals surface area contributed by atoms with E-state index in [0.717, 1.165) is 30.4 Å². The van der Waals surface area contributed by atoms with E-state index in [0.29, 0.717) is 13.0 Å². The van der Waals surface area contributed by atoms with Crippen molar-refractivity contribution >= 4 is 11.6 Å². The van der Waals surface area contributed by atoms with Crippen LogP contribution in [0.1, 0.15) is 31.7 Å². The Balaban J connectivity index is 1.76. The average molecular weight is 261 g/mol. The Morgan fingerprint density at radius 1 is 1.37 bits per heavy atom. The summed E-state index contributed by atoms with van der Waals surface area (Å²) in [5.74, 6) is 0.0830. The smallest absolute Gasteiger partial charge is 0.225 e. The van der Waals surface area contributed by atoms with Gasteiger partial charge in [-0.25, -0.2) is 0 Å². The van der Waals surface area contributed by atoms with E-state index in [1.165, 1.54) is 12.8 Å². The number of nitrogens with two attached hydrogens (primary N) is 1. The number of benzene rings is 1. The van der Waals surface area contributed by atoms with Gasteiger partial charge in [-0.2, -0.15) is 0 Å². The maximum Gasteiger partial charge on any atom is 0.225 e. The van der Waals surface area contributed by atoms with E-state index in [4.69, 9.17) is 5.73 Å². The fourth-order valence-corrected chi connectivity index (χ4v) is 2.23. The molecule has 2 rings (SSSR count). The highest BCUT2D eigenvalue weighted by Gasteiger charge is 2.27. The zero-order valence-electron chi connectivity index (χ0n) is 11.6. The number of nitrogens with zero attached hydrogens (tertiary/aromatic N) is 1. The summed E-state index contributed by atoms with van der Waals surface area (Å²) in [4.78, 5) is 14.3. The second kappa shape index (κ2) is 6.68. The van der Waals surface area contributed by atoms with Crippen LogP contribution in [0.25, 0.3) is 0 Å². The van der Waals surface area contributed by atoms with E-state index in [-0.39, 0.29) is 5.91 Å². The lowest BCUT2D eigenvalue weighted by Gasteiger charge is -2.19. The minimum Gasteiger partial charge on any atom is -0.326 e. The molecule has 0 aliphatic heterocycles. The Hall–Kier alpha value is -1.39. The summed E-state index contributed by atoms with van der Waals surface area (Å²) in [6, 6.07) is 8.41. The number of nitrogens with one attached hydrogen (secondary N) is 1. The van der Waals surface area contributed by atoms with Crippen LogP contribution in [0.4, 0.5) is 5.69 Å². The van der Waals surface area contributed by atoms with Gasteiger partial charge in [0.05, 0.1) is 0 Å². The van der Waals surface area contributed by atoms with E-state index in [2.05, 4.69) is 17.1 Å². The molecule has 1 amide bonds. The molecule has 1 aliphatic rings. The summed E-state index contributed by atoms with van der Waals surface area (Å²) >= 11 is 0. The van der Waals surface area contributed by atoms with Gasteiger partial charge in [-0.15, -0.1) is 0 Å². The molecule has 1 aromatic carbocycles. The largest absolute Gasteiger partial charge is 0.326 e. The fraction of sp³-hybridized carbons (Fsp3) is 0.533. The van der Waals surface area contributed by atoms with E-state index >= 15 is 0 Å². The third-order valence-electron chi connectivity index (χ3n) is 3.57. The molecule has 1 aromatic rings. The van der Waals surface area contributed by atoms with Gasteiger partial charge < -0.3 is 16.0 Å². The minimum absolute atomic E-state index is 0.0830. The zero-order valence-corrected chi connectivity index (χ0v) is 11.6. The lowest BCUT2D eigenvalue weighted by atomic mass is 10.2. The number of carbonyl (C=O) groups is 1. The van der Waals surface area contributed by atoms with Crippen LogP contribution in [-0.4, -0.2) is 29.9 Å². The van der Waals surface area contributed by atoms with Crippen LogP contribution in [0, 0.1) is 0 Å². The Bertz CT molecular complexity index is 412. The molecular weight excluding hydrogens is 238 g/mol. The third-order valence-corrected chi connectivity index (χ3v) is 3.57. The van der Waals surface area contributed by atoms with Crippen molar-refractivity contribution in [3.05, 3.63) is 29.8 Å². The zero-order chi connectivity index (χ0) is 13.7. The van der Waals surface area contributed by atoms with Crippen molar-refractivity contribution in [3.63, 3.8) is 0 Å². The van der Waals surface area contributed by atoms with Crippen LogP contribution < -0.4 is 11.1 Å². The van der Waals surface area contributed by atoms with Gasteiger partial charge in [0.25, 0.3) is 0 Å². The van der Waals surface area contributed by atoms with E-state index < -0.39 is 0 Å². The summed E-state index contributed by atoms with van der Waals surface area (Å²) in [6.07, 6.45) is 3.13. The number of hydrogen-bond donors (Lipinski definition) is 2. The normalized spacial score (nSPS) is 14.7. The van der Waals surface area contributed by atoms with Crippen molar-refractivity contribution in [2.75, 3.05) is 18.4 Å². The second-order valence-electron chi connectivity index (χ2n) is 5.06. The second-order valence-corrected chi connectivity index (χ2v) is 5.06. The number of anilines is 1. The molecule has 4 nitrogen and oxygen atoms in total. The van der Waals surface area contributed by atoms with Crippen molar-refractivity contribution in [2.45, 2.75) is 38.8 Å². The molecule has 0 atom stereocenters. The van der Waals surface area contributed by atoms with Crippen molar-refractivity contribution in [1.29, 1.82) is 0 Å². The highest BCUT2D eigenvalue weighted by Crippen LogP contribution is 2.26. The minimum atomic E-state index is 0.0830. The third kappa shape index (κ3) is 4.33. The van der Waals surface area contributed by atoms with Crippen LogP contribution in [0.3, 0.4) is 0 Å². The molecule has 0 bridgehead atoms. The number of carbonyl (C=O) groups excluding carboxylic acids is 1. The summed E-state index contributed by atoms with van der Waals surface area (Å²) in [6.45, 7) is 4.57. The Kier molecular flexibility index (Phi) is 4.93. The van der Waals surface area contributed by atoms with Gasteiger partial charge >= 0.3 is 0 Å². The highest BCUT2D eigenvalue weighted by molar-refractivity contribution is 5.90.